The van der Waals surface area contributed by atoms with Crippen LogP contribution in [0.3, 0.4) is 0 Å². The number of Topliss-reactive ketones (excluding diaryl/α,β-unsaturated/α-hetero) is 1. The van der Waals surface area contributed by atoms with Crippen molar-refractivity contribution in [2.24, 2.45) is 0 Å². The first-order valence-corrected chi connectivity index (χ1v) is 5.95. The van der Waals surface area contributed by atoms with Gasteiger partial charge in [-0.3, -0.25) is 4.79 Å². The molecule has 110 valence electrons. The van der Waals surface area contributed by atoms with Crippen LogP contribution < -0.4 is 0 Å². The SMILES string of the molecule is O=C1CCCCc2c1cc(C(F)(F)F)cc2C(F)(F)F. The van der Waals surface area contributed by atoms with Crippen LogP contribution in [0.4, 0.5) is 26.3 Å². The Morgan fingerprint density at radius 3 is 2.00 bits per heavy atom. The summed E-state index contributed by atoms with van der Waals surface area (Å²) < 4.78 is 76.8. The quantitative estimate of drug-likeness (QED) is 0.504. The van der Waals surface area contributed by atoms with Gasteiger partial charge in [0.05, 0.1) is 11.1 Å². The van der Waals surface area contributed by atoms with Crippen molar-refractivity contribution in [1.29, 1.82) is 0 Å². The van der Waals surface area contributed by atoms with Crippen LogP contribution in [0.25, 0.3) is 0 Å². The monoisotopic (exact) mass is 296 g/mol. The molecule has 0 fully saturated rings. The van der Waals surface area contributed by atoms with Crippen molar-refractivity contribution in [2.75, 3.05) is 0 Å². The van der Waals surface area contributed by atoms with Crippen LogP contribution in [0.15, 0.2) is 12.1 Å². The molecule has 0 atom stereocenters. The Labute approximate surface area is 110 Å². The lowest BCUT2D eigenvalue weighted by atomic mass is 9.93. The molecule has 0 aromatic heterocycles. The molecule has 0 aliphatic heterocycles. The summed E-state index contributed by atoms with van der Waals surface area (Å²) in [4.78, 5) is 11.7. The molecular weight excluding hydrogens is 286 g/mol. The molecule has 0 N–H and O–H groups in total. The summed E-state index contributed by atoms with van der Waals surface area (Å²) in [6.45, 7) is 0. The highest BCUT2D eigenvalue weighted by atomic mass is 19.4. The maximum absolute atomic E-state index is 12.9. The Bertz CT molecular complexity index is 541. The fourth-order valence-electron chi connectivity index (χ4n) is 2.33. The van der Waals surface area contributed by atoms with E-state index in [1.54, 1.807) is 0 Å². The summed E-state index contributed by atoms with van der Waals surface area (Å²) in [6.07, 6.45) is -9.14. The minimum absolute atomic E-state index is 0.0222. The molecule has 0 saturated heterocycles. The van der Waals surface area contributed by atoms with Crippen LogP contribution in [-0.4, -0.2) is 5.78 Å². The van der Waals surface area contributed by atoms with E-state index in [0.29, 0.717) is 18.9 Å². The first kappa shape index (κ1) is 14.9. The van der Waals surface area contributed by atoms with Crippen molar-refractivity contribution in [2.45, 2.75) is 38.0 Å². The van der Waals surface area contributed by atoms with Crippen molar-refractivity contribution in [3.8, 4) is 0 Å². The third kappa shape index (κ3) is 2.81. The topological polar surface area (TPSA) is 17.1 Å². The Hall–Kier alpha value is -1.53. The highest BCUT2D eigenvalue weighted by molar-refractivity contribution is 5.98. The normalized spacial score (nSPS) is 16.8. The summed E-state index contributed by atoms with van der Waals surface area (Å²) in [5.41, 5.74) is -3.53. The maximum Gasteiger partial charge on any atom is 0.416 e. The average Bonchev–Trinajstić information content (AvgIpc) is 2.48. The van der Waals surface area contributed by atoms with E-state index in [-0.39, 0.29) is 24.5 Å². The molecule has 0 unspecified atom stereocenters. The molecule has 0 saturated carbocycles. The lowest BCUT2D eigenvalue weighted by molar-refractivity contribution is -0.143. The van der Waals surface area contributed by atoms with Gasteiger partial charge in [-0.25, -0.2) is 0 Å². The lowest BCUT2D eigenvalue weighted by Gasteiger charge is -2.18. The molecule has 1 aliphatic carbocycles. The number of carbonyl (C=O) groups excluding carboxylic acids is 1. The Kier molecular flexibility index (Phi) is 3.56. The van der Waals surface area contributed by atoms with Gasteiger partial charge in [0.1, 0.15) is 0 Å². The molecule has 2 rings (SSSR count). The second-order valence-electron chi connectivity index (χ2n) is 4.68. The molecule has 0 spiro atoms. The number of alkyl halides is 6. The minimum atomic E-state index is -4.92. The number of halogens is 6. The van der Waals surface area contributed by atoms with Crippen molar-refractivity contribution < 1.29 is 31.1 Å². The first-order valence-electron chi connectivity index (χ1n) is 5.95. The largest absolute Gasteiger partial charge is 0.416 e. The zero-order chi connectivity index (χ0) is 15.1. The van der Waals surface area contributed by atoms with E-state index in [4.69, 9.17) is 0 Å². The van der Waals surface area contributed by atoms with Crippen molar-refractivity contribution >= 4 is 5.78 Å². The van der Waals surface area contributed by atoms with E-state index in [1.165, 1.54) is 0 Å². The number of hydrogen-bond acceptors (Lipinski definition) is 1. The summed E-state index contributed by atoms with van der Waals surface area (Å²) in [6, 6.07) is 0.635. The summed E-state index contributed by atoms with van der Waals surface area (Å²) in [5.74, 6) is -0.658. The van der Waals surface area contributed by atoms with Crippen LogP contribution in [-0.2, 0) is 18.8 Å². The molecule has 0 radical (unpaired) electrons. The Balaban J connectivity index is 2.73. The fourth-order valence-corrected chi connectivity index (χ4v) is 2.33. The van der Waals surface area contributed by atoms with Gasteiger partial charge < -0.3 is 0 Å². The van der Waals surface area contributed by atoms with Gasteiger partial charge in [-0.1, -0.05) is 0 Å². The van der Waals surface area contributed by atoms with Crippen molar-refractivity contribution in [3.63, 3.8) is 0 Å². The smallest absolute Gasteiger partial charge is 0.294 e. The van der Waals surface area contributed by atoms with Gasteiger partial charge in [0, 0.05) is 12.0 Å². The second-order valence-corrected chi connectivity index (χ2v) is 4.68. The van der Waals surface area contributed by atoms with E-state index in [9.17, 15) is 31.1 Å². The van der Waals surface area contributed by atoms with Gasteiger partial charge in [-0.05, 0) is 37.0 Å². The molecule has 0 amide bonds. The lowest BCUT2D eigenvalue weighted by Crippen LogP contribution is -2.17. The zero-order valence-corrected chi connectivity index (χ0v) is 10.2. The van der Waals surface area contributed by atoms with E-state index in [2.05, 4.69) is 0 Å². The Morgan fingerprint density at radius 2 is 1.45 bits per heavy atom. The third-order valence-corrected chi connectivity index (χ3v) is 3.26. The highest BCUT2D eigenvalue weighted by Gasteiger charge is 2.40. The molecule has 1 aliphatic rings. The standard InChI is InChI=1S/C13H10F6O/c14-12(15,16)7-5-9-8(3-1-2-4-11(9)20)10(6-7)13(17,18)19/h5-6H,1-4H2. The fraction of sp³-hybridized carbons (Fsp3) is 0.462. The van der Waals surface area contributed by atoms with Crippen molar-refractivity contribution in [1.82, 2.24) is 0 Å². The number of fused-ring (bicyclic) bond motifs is 1. The average molecular weight is 296 g/mol. The third-order valence-electron chi connectivity index (χ3n) is 3.26. The van der Waals surface area contributed by atoms with E-state index in [1.807, 2.05) is 0 Å². The van der Waals surface area contributed by atoms with Gasteiger partial charge in [-0.2, -0.15) is 26.3 Å². The molecule has 1 nitrogen and oxygen atoms in total. The molecule has 7 heteroatoms. The zero-order valence-electron chi connectivity index (χ0n) is 10.2. The minimum Gasteiger partial charge on any atom is -0.294 e. The molecular formula is C13H10F6O. The number of ketones is 1. The summed E-state index contributed by atoms with van der Waals surface area (Å²) in [5, 5.41) is 0. The van der Waals surface area contributed by atoms with Crippen LogP contribution >= 0.6 is 0 Å². The van der Waals surface area contributed by atoms with Gasteiger partial charge in [0.2, 0.25) is 0 Å². The van der Waals surface area contributed by atoms with Gasteiger partial charge >= 0.3 is 12.4 Å². The first-order chi connectivity index (χ1) is 9.10. The summed E-state index contributed by atoms with van der Waals surface area (Å²) in [7, 11) is 0. The van der Waals surface area contributed by atoms with E-state index < -0.39 is 34.8 Å². The van der Waals surface area contributed by atoms with E-state index in [0.717, 1.165) is 0 Å². The molecule has 0 heterocycles. The van der Waals surface area contributed by atoms with E-state index >= 15 is 0 Å². The van der Waals surface area contributed by atoms with Gasteiger partial charge in [0.25, 0.3) is 0 Å². The number of carbonyl (C=O) groups is 1. The predicted octanol–water partition coefficient (Wildman–Crippen LogP) is 4.63. The van der Waals surface area contributed by atoms with Crippen LogP contribution in [0.1, 0.15) is 46.3 Å². The number of hydrogen-bond donors (Lipinski definition) is 0. The molecule has 20 heavy (non-hydrogen) atoms. The van der Waals surface area contributed by atoms with Crippen molar-refractivity contribution in [3.05, 3.63) is 34.4 Å². The van der Waals surface area contributed by atoms with Crippen LogP contribution in [0.2, 0.25) is 0 Å². The molecule has 0 bridgehead atoms. The predicted molar refractivity (Wildman–Crippen MR) is 58.3 cm³/mol. The summed E-state index contributed by atoms with van der Waals surface area (Å²) >= 11 is 0. The van der Waals surface area contributed by atoms with Gasteiger partial charge in [-0.15, -0.1) is 0 Å². The van der Waals surface area contributed by atoms with Crippen LogP contribution in [0.5, 0.6) is 0 Å². The molecule has 1 aromatic carbocycles. The molecule has 1 aromatic rings. The maximum atomic E-state index is 12.9. The van der Waals surface area contributed by atoms with Gasteiger partial charge in [0.15, 0.2) is 5.78 Å². The Morgan fingerprint density at radius 1 is 0.850 bits per heavy atom. The highest BCUT2D eigenvalue weighted by Crippen LogP contribution is 2.40. The number of benzene rings is 1. The van der Waals surface area contributed by atoms with Crippen LogP contribution in [0, 0.1) is 0 Å². The number of rotatable bonds is 0. The second kappa shape index (κ2) is 4.79.